The van der Waals surface area contributed by atoms with Gasteiger partial charge in [0.25, 0.3) is 0 Å². The second-order valence-electron chi connectivity index (χ2n) is 5.40. The van der Waals surface area contributed by atoms with E-state index in [1.54, 1.807) is 7.05 Å². The van der Waals surface area contributed by atoms with E-state index in [0.29, 0.717) is 16.6 Å². The molecule has 0 atom stereocenters. The third-order valence-corrected chi connectivity index (χ3v) is 4.42. The average molecular weight is 330 g/mol. The molecule has 4 nitrogen and oxygen atoms in total. The van der Waals surface area contributed by atoms with Crippen LogP contribution in [-0.2, 0) is 11.3 Å². The van der Waals surface area contributed by atoms with Crippen molar-refractivity contribution in [1.82, 2.24) is 15.5 Å². The number of rotatable bonds is 5. The number of nitrogens with one attached hydrogen (secondary N) is 2. The highest BCUT2D eigenvalue weighted by molar-refractivity contribution is 6.42. The van der Waals surface area contributed by atoms with Gasteiger partial charge in [0.05, 0.1) is 16.6 Å². The van der Waals surface area contributed by atoms with Crippen LogP contribution in [0, 0.1) is 0 Å². The van der Waals surface area contributed by atoms with Gasteiger partial charge in [0.2, 0.25) is 5.91 Å². The summed E-state index contributed by atoms with van der Waals surface area (Å²) in [6, 6.07) is 6.06. The van der Waals surface area contributed by atoms with Crippen molar-refractivity contribution in [2.24, 2.45) is 0 Å². The van der Waals surface area contributed by atoms with E-state index in [2.05, 4.69) is 15.5 Å². The summed E-state index contributed by atoms with van der Waals surface area (Å²) < 4.78 is 0. The second-order valence-corrected chi connectivity index (χ2v) is 6.21. The first kappa shape index (κ1) is 16.6. The molecule has 21 heavy (non-hydrogen) atoms. The summed E-state index contributed by atoms with van der Waals surface area (Å²) >= 11 is 12.0. The predicted molar refractivity (Wildman–Crippen MR) is 86.8 cm³/mol. The first-order valence-electron chi connectivity index (χ1n) is 7.18. The lowest BCUT2D eigenvalue weighted by molar-refractivity contribution is -0.121. The van der Waals surface area contributed by atoms with Gasteiger partial charge < -0.3 is 10.6 Å². The van der Waals surface area contributed by atoms with Crippen LogP contribution in [-0.4, -0.2) is 43.5 Å². The molecule has 1 saturated heterocycles. The summed E-state index contributed by atoms with van der Waals surface area (Å²) in [6.07, 6.45) is 1.97. The highest BCUT2D eigenvalue weighted by Gasteiger charge is 2.20. The summed E-state index contributed by atoms with van der Waals surface area (Å²) in [5.74, 6) is 0.0698. The lowest BCUT2D eigenvalue weighted by Crippen LogP contribution is -2.46. The molecule has 1 amide bonds. The molecule has 0 bridgehead atoms. The van der Waals surface area contributed by atoms with E-state index in [1.807, 2.05) is 18.2 Å². The van der Waals surface area contributed by atoms with Crippen LogP contribution in [0.3, 0.4) is 0 Å². The minimum Gasteiger partial charge on any atom is -0.352 e. The van der Waals surface area contributed by atoms with E-state index >= 15 is 0 Å². The summed E-state index contributed by atoms with van der Waals surface area (Å²) in [6.45, 7) is 3.20. The fraction of sp³-hybridized carbons (Fsp3) is 0.533. The smallest absolute Gasteiger partial charge is 0.234 e. The Morgan fingerprint density at radius 3 is 2.62 bits per heavy atom. The zero-order chi connectivity index (χ0) is 15.2. The molecule has 1 aromatic rings. The lowest BCUT2D eigenvalue weighted by Gasteiger charge is -2.32. The molecular formula is C15H21Cl2N3O. The Morgan fingerprint density at radius 1 is 1.29 bits per heavy atom. The third-order valence-electron chi connectivity index (χ3n) is 3.68. The Labute approximate surface area is 135 Å². The van der Waals surface area contributed by atoms with Crippen molar-refractivity contribution in [2.45, 2.75) is 25.4 Å². The van der Waals surface area contributed by atoms with Crippen LogP contribution in [0.15, 0.2) is 18.2 Å². The van der Waals surface area contributed by atoms with Gasteiger partial charge in [-0.1, -0.05) is 29.3 Å². The predicted octanol–water partition coefficient (Wildman–Crippen LogP) is 2.29. The number of hydrogen-bond acceptors (Lipinski definition) is 3. The molecule has 116 valence electrons. The first-order chi connectivity index (χ1) is 10.1. The third kappa shape index (κ3) is 5.15. The Balaban J connectivity index is 1.78. The van der Waals surface area contributed by atoms with Gasteiger partial charge in [-0.3, -0.25) is 9.69 Å². The molecule has 0 spiro atoms. The minimum atomic E-state index is 0.0698. The Bertz CT molecular complexity index is 488. The lowest BCUT2D eigenvalue weighted by atomic mass is 10.0. The molecule has 0 unspecified atom stereocenters. The molecule has 1 heterocycles. The number of halogens is 2. The van der Waals surface area contributed by atoms with Gasteiger partial charge in [0, 0.05) is 25.7 Å². The SMILES string of the molecule is CNCC(=O)NC1CCN(Cc2ccc(Cl)c(Cl)c2)CC1. The molecule has 0 saturated carbocycles. The molecule has 0 aromatic heterocycles. The van der Waals surface area contributed by atoms with Crippen LogP contribution >= 0.6 is 23.2 Å². The zero-order valence-corrected chi connectivity index (χ0v) is 13.7. The number of hydrogen-bond donors (Lipinski definition) is 2. The Kier molecular flexibility index (Phi) is 6.30. The molecule has 1 aromatic carbocycles. The van der Waals surface area contributed by atoms with Crippen molar-refractivity contribution in [3.8, 4) is 0 Å². The van der Waals surface area contributed by atoms with E-state index < -0.39 is 0 Å². The van der Waals surface area contributed by atoms with Crippen LogP contribution < -0.4 is 10.6 Å². The van der Waals surface area contributed by atoms with Crippen molar-refractivity contribution in [2.75, 3.05) is 26.7 Å². The van der Waals surface area contributed by atoms with Gasteiger partial charge >= 0.3 is 0 Å². The van der Waals surface area contributed by atoms with E-state index in [0.717, 1.165) is 32.5 Å². The van der Waals surface area contributed by atoms with E-state index in [-0.39, 0.29) is 11.9 Å². The summed E-state index contributed by atoms with van der Waals surface area (Å²) in [5, 5.41) is 7.11. The fourth-order valence-electron chi connectivity index (χ4n) is 2.57. The van der Waals surface area contributed by atoms with Gasteiger partial charge in [-0.05, 0) is 37.6 Å². The van der Waals surface area contributed by atoms with E-state index in [9.17, 15) is 4.79 Å². The van der Waals surface area contributed by atoms with Crippen molar-refractivity contribution in [3.05, 3.63) is 33.8 Å². The molecule has 1 fully saturated rings. The maximum Gasteiger partial charge on any atom is 0.234 e. The van der Waals surface area contributed by atoms with Gasteiger partial charge in [-0.25, -0.2) is 0 Å². The Morgan fingerprint density at radius 2 is 2.00 bits per heavy atom. The highest BCUT2D eigenvalue weighted by Crippen LogP contribution is 2.24. The Hall–Kier alpha value is -0.810. The number of amides is 1. The molecule has 6 heteroatoms. The normalized spacial score (nSPS) is 16.9. The number of carbonyl (C=O) groups excluding carboxylic acids is 1. The zero-order valence-electron chi connectivity index (χ0n) is 12.2. The van der Waals surface area contributed by atoms with Crippen LogP contribution in [0.2, 0.25) is 10.0 Å². The number of piperidine rings is 1. The van der Waals surface area contributed by atoms with Gasteiger partial charge in [0.15, 0.2) is 0 Å². The molecule has 1 aliphatic rings. The standard InChI is InChI=1S/C15H21Cl2N3O/c1-18-9-15(21)19-12-4-6-20(7-5-12)10-11-2-3-13(16)14(17)8-11/h2-3,8,12,18H,4-7,9-10H2,1H3,(H,19,21). The molecule has 1 aliphatic heterocycles. The first-order valence-corrected chi connectivity index (χ1v) is 7.94. The number of likely N-dealkylation sites (tertiary alicyclic amines) is 1. The van der Waals surface area contributed by atoms with Gasteiger partial charge in [0.1, 0.15) is 0 Å². The van der Waals surface area contributed by atoms with E-state index in [4.69, 9.17) is 23.2 Å². The monoisotopic (exact) mass is 329 g/mol. The number of likely N-dealkylation sites (N-methyl/N-ethyl adjacent to an activating group) is 1. The number of nitrogens with zero attached hydrogens (tertiary/aromatic N) is 1. The maximum absolute atomic E-state index is 11.5. The van der Waals surface area contributed by atoms with Crippen LogP contribution in [0.25, 0.3) is 0 Å². The average Bonchev–Trinajstić information content (AvgIpc) is 2.45. The van der Waals surface area contributed by atoms with Crippen LogP contribution in [0.4, 0.5) is 0 Å². The molecular weight excluding hydrogens is 309 g/mol. The van der Waals surface area contributed by atoms with Crippen molar-refractivity contribution in [3.63, 3.8) is 0 Å². The van der Waals surface area contributed by atoms with Crippen molar-refractivity contribution >= 4 is 29.1 Å². The minimum absolute atomic E-state index is 0.0698. The van der Waals surface area contributed by atoms with Crippen LogP contribution in [0.1, 0.15) is 18.4 Å². The molecule has 2 rings (SSSR count). The second kappa shape index (κ2) is 7.99. The molecule has 0 radical (unpaired) electrons. The van der Waals surface area contributed by atoms with E-state index in [1.165, 1.54) is 5.56 Å². The summed E-state index contributed by atoms with van der Waals surface area (Å²) in [7, 11) is 1.78. The highest BCUT2D eigenvalue weighted by atomic mass is 35.5. The fourth-order valence-corrected chi connectivity index (χ4v) is 2.89. The maximum atomic E-state index is 11.5. The largest absolute Gasteiger partial charge is 0.352 e. The molecule has 2 N–H and O–H groups in total. The number of benzene rings is 1. The van der Waals surface area contributed by atoms with Crippen molar-refractivity contribution < 1.29 is 4.79 Å². The number of carbonyl (C=O) groups is 1. The molecule has 0 aliphatic carbocycles. The van der Waals surface area contributed by atoms with Crippen molar-refractivity contribution in [1.29, 1.82) is 0 Å². The topological polar surface area (TPSA) is 44.4 Å². The van der Waals surface area contributed by atoms with Gasteiger partial charge in [-0.15, -0.1) is 0 Å². The summed E-state index contributed by atoms with van der Waals surface area (Å²) in [4.78, 5) is 13.9. The quantitative estimate of drug-likeness (QED) is 0.871. The summed E-state index contributed by atoms with van der Waals surface area (Å²) in [5.41, 5.74) is 1.17. The van der Waals surface area contributed by atoms with Crippen LogP contribution in [0.5, 0.6) is 0 Å². The van der Waals surface area contributed by atoms with Gasteiger partial charge in [-0.2, -0.15) is 0 Å².